The molecule has 19 heavy (non-hydrogen) atoms. The van der Waals surface area contributed by atoms with E-state index in [1.807, 2.05) is 7.05 Å². The van der Waals surface area contributed by atoms with Crippen LogP contribution in [-0.4, -0.2) is 20.3 Å². The predicted octanol–water partition coefficient (Wildman–Crippen LogP) is 3.45. The van der Waals surface area contributed by atoms with Gasteiger partial charge in [-0.05, 0) is 43.9 Å². The zero-order valence-corrected chi connectivity index (χ0v) is 13.0. The van der Waals surface area contributed by atoms with Gasteiger partial charge in [0, 0.05) is 16.1 Å². The lowest BCUT2D eigenvalue weighted by atomic mass is 9.95. The Morgan fingerprint density at radius 3 is 2.89 bits per heavy atom. The molecule has 0 fully saturated rings. The Morgan fingerprint density at radius 2 is 2.11 bits per heavy atom. The Kier molecular flexibility index (Phi) is 3.72. The van der Waals surface area contributed by atoms with Crippen molar-refractivity contribution in [2.45, 2.75) is 32.2 Å². The minimum Gasteiger partial charge on any atom is -0.486 e. The van der Waals surface area contributed by atoms with Gasteiger partial charge in [0.15, 0.2) is 11.5 Å². The maximum absolute atomic E-state index is 5.91. The van der Waals surface area contributed by atoms with Crippen LogP contribution < -0.4 is 14.8 Å². The molecule has 0 spiro atoms. The second kappa shape index (κ2) is 5.33. The number of rotatable bonds is 1. The van der Waals surface area contributed by atoms with E-state index in [2.05, 4.69) is 34.2 Å². The van der Waals surface area contributed by atoms with Crippen LogP contribution in [0.5, 0.6) is 11.5 Å². The molecule has 0 aromatic heterocycles. The highest BCUT2D eigenvalue weighted by atomic mass is 79.9. The fourth-order valence-corrected chi connectivity index (χ4v) is 3.75. The summed E-state index contributed by atoms with van der Waals surface area (Å²) in [5, 5.41) is 3.45. The highest BCUT2D eigenvalue weighted by molar-refractivity contribution is 9.10. The van der Waals surface area contributed by atoms with Crippen molar-refractivity contribution >= 4 is 15.9 Å². The van der Waals surface area contributed by atoms with Gasteiger partial charge >= 0.3 is 0 Å². The van der Waals surface area contributed by atoms with Crippen LogP contribution in [0.25, 0.3) is 0 Å². The zero-order valence-electron chi connectivity index (χ0n) is 11.5. The van der Waals surface area contributed by atoms with Crippen molar-refractivity contribution in [2.75, 3.05) is 20.3 Å². The Labute approximate surface area is 122 Å². The van der Waals surface area contributed by atoms with E-state index in [-0.39, 0.29) is 0 Å². The first-order valence-corrected chi connectivity index (χ1v) is 7.78. The van der Waals surface area contributed by atoms with Gasteiger partial charge in [-0.25, -0.2) is 0 Å². The first kappa shape index (κ1) is 13.3. The molecule has 3 nitrogen and oxygen atoms in total. The average Bonchev–Trinajstić information content (AvgIpc) is 2.59. The minimum absolute atomic E-state index is 0.348. The largest absolute Gasteiger partial charge is 0.486 e. The van der Waals surface area contributed by atoms with E-state index in [4.69, 9.17) is 9.47 Å². The molecule has 1 N–H and O–H groups in total. The Balaban J connectivity index is 2.16. The Morgan fingerprint density at radius 1 is 1.32 bits per heavy atom. The summed E-state index contributed by atoms with van der Waals surface area (Å²) in [6.07, 6.45) is 3.48. The number of hydrogen-bond acceptors (Lipinski definition) is 3. The zero-order chi connectivity index (χ0) is 13.4. The molecule has 2 aliphatic rings. The van der Waals surface area contributed by atoms with Crippen molar-refractivity contribution < 1.29 is 9.47 Å². The second-order valence-corrected chi connectivity index (χ2v) is 6.35. The standard InChI is InChI=1S/C15H20BrNO2/c1-9-3-4-10-11(16)8-13-15(19-6-5-18-13)14(10)12(7-9)17-2/h8-9,12,17H,3-7H2,1-2H3. The van der Waals surface area contributed by atoms with Crippen LogP contribution in [-0.2, 0) is 6.42 Å². The SMILES string of the molecule is CNC1CC(C)CCc2c(Br)cc3c(c21)OCCO3. The molecule has 0 amide bonds. The van der Waals surface area contributed by atoms with Crippen LogP contribution in [0.1, 0.15) is 36.9 Å². The third-order valence-corrected chi connectivity index (χ3v) is 4.86. The van der Waals surface area contributed by atoms with Gasteiger partial charge in [-0.1, -0.05) is 22.9 Å². The molecule has 1 heterocycles. The molecule has 1 aliphatic heterocycles. The van der Waals surface area contributed by atoms with Crippen LogP contribution in [0, 0.1) is 5.92 Å². The molecule has 0 saturated carbocycles. The lowest BCUT2D eigenvalue weighted by Crippen LogP contribution is -2.23. The number of benzene rings is 1. The van der Waals surface area contributed by atoms with Crippen LogP contribution in [0.3, 0.4) is 0 Å². The van der Waals surface area contributed by atoms with Crippen molar-refractivity contribution in [3.63, 3.8) is 0 Å². The molecule has 3 rings (SSSR count). The van der Waals surface area contributed by atoms with Gasteiger partial charge < -0.3 is 14.8 Å². The number of hydrogen-bond donors (Lipinski definition) is 1. The second-order valence-electron chi connectivity index (χ2n) is 5.50. The van der Waals surface area contributed by atoms with Crippen molar-refractivity contribution in [3.8, 4) is 11.5 Å². The summed E-state index contributed by atoms with van der Waals surface area (Å²) in [6, 6.07) is 2.41. The third kappa shape index (κ3) is 2.36. The fraction of sp³-hybridized carbons (Fsp3) is 0.600. The van der Waals surface area contributed by atoms with Crippen LogP contribution in [0.15, 0.2) is 10.5 Å². The number of halogens is 1. The molecular formula is C15H20BrNO2. The molecule has 104 valence electrons. The summed E-state index contributed by atoms with van der Waals surface area (Å²) in [5.41, 5.74) is 2.68. The normalized spacial score (nSPS) is 25.6. The Bertz CT molecular complexity index is 490. The molecular weight excluding hydrogens is 306 g/mol. The summed E-state index contributed by atoms with van der Waals surface area (Å²) >= 11 is 3.71. The predicted molar refractivity (Wildman–Crippen MR) is 79.0 cm³/mol. The van der Waals surface area contributed by atoms with Crippen molar-refractivity contribution in [3.05, 3.63) is 21.7 Å². The quantitative estimate of drug-likeness (QED) is 0.802. The number of fused-ring (bicyclic) bond motifs is 3. The molecule has 1 aromatic rings. The van der Waals surface area contributed by atoms with Gasteiger partial charge in [-0.3, -0.25) is 0 Å². The number of ether oxygens (including phenoxy) is 2. The van der Waals surface area contributed by atoms with E-state index < -0.39 is 0 Å². The van der Waals surface area contributed by atoms with Crippen LogP contribution in [0.2, 0.25) is 0 Å². The van der Waals surface area contributed by atoms with Gasteiger partial charge in [-0.15, -0.1) is 0 Å². The molecule has 4 heteroatoms. The highest BCUT2D eigenvalue weighted by Crippen LogP contribution is 2.46. The summed E-state index contributed by atoms with van der Waals surface area (Å²) in [6.45, 7) is 3.61. The third-order valence-electron chi connectivity index (χ3n) is 4.15. The molecule has 2 unspecified atom stereocenters. The van der Waals surface area contributed by atoms with E-state index in [0.29, 0.717) is 19.3 Å². The van der Waals surface area contributed by atoms with E-state index in [1.54, 1.807) is 0 Å². The Hall–Kier alpha value is -0.740. The van der Waals surface area contributed by atoms with Gasteiger partial charge in [0.2, 0.25) is 0 Å². The van der Waals surface area contributed by atoms with Crippen LogP contribution >= 0.6 is 15.9 Å². The smallest absolute Gasteiger partial charge is 0.166 e. The fourth-order valence-electron chi connectivity index (χ4n) is 3.13. The lowest BCUT2D eigenvalue weighted by Gasteiger charge is -2.27. The van der Waals surface area contributed by atoms with Gasteiger partial charge in [-0.2, -0.15) is 0 Å². The first-order chi connectivity index (χ1) is 9.20. The van der Waals surface area contributed by atoms with Crippen molar-refractivity contribution in [1.29, 1.82) is 0 Å². The van der Waals surface area contributed by atoms with Gasteiger partial charge in [0.05, 0.1) is 0 Å². The average molecular weight is 326 g/mol. The van der Waals surface area contributed by atoms with Crippen molar-refractivity contribution in [1.82, 2.24) is 5.32 Å². The van der Waals surface area contributed by atoms with Crippen molar-refractivity contribution in [2.24, 2.45) is 5.92 Å². The highest BCUT2D eigenvalue weighted by Gasteiger charge is 2.30. The maximum atomic E-state index is 5.91. The summed E-state index contributed by atoms with van der Waals surface area (Å²) in [7, 11) is 2.03. The molecule has 2 atom stereocenters. The van der Waals surface area contributed by atoms with E-state index in [9.17, 15) is 0 Å². The van der Waals surface area contributed by atoms with E-state index in [1.165, 1.54) is 17.5 Å². The molecule has 1 aliphatic carbocycles. The first-order valence-electron chi connectivity index (χ1n) is 6.98. The van der Waals surface area contributed by atoms with Crippen LogP contribution in [0.4, 0.5) is 0 Å². The van der Waals surface area contributed by atoms with E-state index >= 15 is 0 Å². The van der Waals surface area contributed by atoms with Gasteiger partial charge in [0.25, 0.3) is 0 Å². The lowest BCUT2D eigenvalue weighted by molar-refractivity contribution is 0.168. The summed E-state index contributed by atoms with van der Waals surface area (Å²) in [4.78, 5) is 0. The topological polar surface area (TPSA) is 30.5 Å². The minimum atomic E-state index is 0.348. The molecule has 0 bridgehead atoms. The van der Waals surface area contributed by atoms with Gasteiger partial charge in [0.1, 0.15) is 13.2 Å². The summed E-state index contributed by atoms with van der Waals surface area (Å²) in [5.74, 6) is 2.56. The molecule has 1 aromatic carbocycles. The number of nitrogens with one attached hydrogen (secondary N) is 1. The maximum Gasteiger partial charge on any atom is 0.166 e. The molecule has 0 saturated heterocycles. The van der Waals surface area contributed by atoms with E-state index in [0.717, 1.165) is 34.7 Å². The summed E-state index contributed by atoms with van der Waals surface area (Å²) < 4.78 is 12.8. The monoisotopic (exact) mass is 325 g/mol. The molecule has 0 radical (unpaired) electrons.